The van der Waals surface area contributed by atoms with Crippen molar-refractivity contribution in [1.82, 2.24) is 10.2 Å². The van der Waals surface area contributed by atoms with Crippen LogP contribution < -0.4 is 9.74 Å². The van der Waals surface area contributed by atoms with Crippen LogP contribution in [0.15, 0.2) is 54.6 Å². The average molecular weight is 755 g/mol. The highest BCUT2D eigenvalue weighted by molar-refractivity contribution is 7.99. The molecule has 3 unspecified atom stereocenters. The van der Waals surface area contributed by atoms with Crippen LogP contribution in [0.4, 0.5) is 0 Å². The third-order valence-corrected chi connectivity index (χ3v) is 16.9. The summed E-state index contributed by atoms with van der Waals surface area (Å²) in [5.74, 6) is -0.100. The van der Waals surface area contributed by atoms with Crippen molar-refractivity contribution >= 4 is 37.8 Å². The molecular weight excluding hydrogens is 697 g/mol. The summed E-state index contributed by atoms with van der Waals surface area (Å²) in [4.78, 5) is 51.3. The highest BCUT2D eigenvalue weighted by atomic mass is 32.2. The standard InChI is InChI=1S/C40H58N2O8SSi/c1-36(2,3)52(8,9)48-31-19-15-18-30(24-31)39-40(50-49-39,38(6,7)28-47-39)37(4,5)27-46-23-14-13-20-33(43)41-21-22-42-34(44)25-32(35(42)45)51-26-29-16-11-10-12-17-29/h10-12,15-19,24,32H,13-14,20-23,25-28H2,1-9H3,(H,41,43). The Bertz CT molecular complexity index is 1600. The van der Waals surface area contributed by atoms with Gasteiger partial charge in [0.2, 0.25) is 26.0 Å². The van der Waals surface area contributed by atoms with Gasteiger partial charge in [0.1, 0.15) is 5.75 Å². The minimum Gasteiger partial charge on any atom is -0.543 e. The number of thioether (sulfide) groups is 1. The molecule has 2 aromatic rings. The topological polar surface area (TPSA) is 113 Å². The predicted molar refractivity (Wildman–Crippen MR) is 205 cm³/mol. The van der Waals surface area contributed by atoms with E-state index in [0.29, 0.717) is 44.8 Å². The van der Waals surface area contributed by atoms with E-state index in [1.807, 2.05) is 54.6 Å². The second kappa shape index (κ2) is 15.5. The van der Waals surface area contributed by atoms with Gasteiger partial charge in [-0.3, -0.25) is 19.3 Å². The summed E-state index contributed by atoms with van der Waals surface area (Å²) in [7, 11) is -2.07. The van der Waals surface area contributed by atoms with E-state index in [1.165, 1.54) is 16.7 Å². The number of ether oxygens (including phenoxy) is 2. The molecule has 0 aromatic heterocycles. The molecule has 3 saturated heterocycles. The maximum absolute atomic E-state index is 12.8. The maximum atomic E-state index is 12.8. The Hall–Kier alpha value is -2.74. The number of amides is 3. The largest absolute Gasteiger partial charge is 0.543 e. The number of nitrogens with one attached hydrogen (secondary N) is 1. The van der Waals surface area contributed by atoms with Gasteiger partial charge in [-0.1, -0.05) is 90.9 Å². The van der Waals surface area contributed by atoms with E-state index in [4.69, 9.17) is 23.7 Å². The highest BCUT2D eigenvalue weighted by Gasteiger charge is 2.82. The van der Waals surface area contributed by atoms with Gasteiger partial charge in [0.05, 0.1) is 18.5 Å². The Kier molecular flexibility index (Phi) is 12.1. The Labute approximate surface area is 315 Å². The smallest absolute Gasteiger partial charge is 0.261 e. The average Bonchev–Trinajstić information content (AvgIpc) is 3.41. The first-order valence-corrected chi connectivity index (χ1v) is 22.5. The van der Waals surface area contributed by atoms with Crippen LogP contribution in [0.25, 0.3) is 0 Å². The monoisotopic (exact) mass is 754 g/mol. The van der Waals surface area contributed by atoms with E-state index in [9.17, 15) is 14.4 Å². The third kappa shape index (κ3) is 7.88. The Morgan fingerprint density at radius 2 is 1.75 bits per heavy atom. The molecule has 3 fully saturated rings. The summed E-state index contributed by atoms with van der Waals surface area (Å²) >= 11 is 1.49. The lowest BCUT2D eigenvalue weighted by Crippen LogP contribution is -2.74. The van der Waals surface area contributed by atoms with Crippen molar-refractivity contribution < 1.29 is 38.1 Å². The third-order valence-electron chi connectivity index (χ3n) is 11.2. The van der Waals surface area contributed by atoms with Gasteiger partial charge in [-0.05, 0) is 48.7 Å². The molecule has 3 aliphatic rings. The number of hydrogen-bond acceptors (Lipinski definition) is 9. The number of unbranched alkanes of at least 4 members (excludes halogenated alkanes) is 1. The molecular formula is C40H58N2O8SSi. The van der Waals surface area contributed by atoms with Crippen LogP contribution in [-0.4, -0.2) is 74.7 Å². The number of fused-ring (bicyclic) bond motifs is 1. The molecule has 10 nitrogen and oxygen atoms in total. The number of hydrogen-bond donors (Lipinski definition) is 1. The molecule has 3 heterocycles. The van der Waals surface area contributed by atoms with Gasteiger partial charge in [0.25, 0.3) is 5.79 Å². The number of rotatable bonds is 17. The molecule has 2 aromatic carbocycles. The van der Waals surface area contributed by atoms with Crippen molar-refractivity contribution in [2.75, 3.05) is 32.9 Å². The molecule has 0 saturated carbocycles. The fourth-order valence-electron chi connectivity index (χ4n) is 7.39. The summed E-state index contributed by atoms with van der Waals surface area (Å²) in [5.41, 5.74) is 0.246. The molecule has 12 heteroatoms. The van der Waals surface area contributed by atoms with Gasteiger partial charge in [-0.25, -0.2) is 4.89 Å². The van der Waals surface area contributed by atoms with Gasteiger partial charge >= 0.3 is 0 Å². The zero-order valence-electron chi connectivity index (χ0n) is 32.5. The fourth-order valence-corrected chi connectivity index (χ4v) is 9.53. The van der Waals surface area contributed by atoms with E-state index in [2.05, 4.69) is 66.9 Å². The van der Waals surface area contributed by atoms with Crippen molar-refractivity contribution in [3.8, 4) is 5.75 Å². The summed E-state index contributed by atoms with van der Waals surface area (Å²) in [6, 6.07) is 17.9. The lowest BCUT2D eigenvalue weighted by Gasteiger charge is -2.61. The Morgan fingerprint density at radius 3 is 2.42 bits per heavy atom. The number of nitrogens with zero attached hydrogens (tertiary/aromatic N) is 1. The minimum atomic E-state index is -2.07. The van der Waals surface area contributed by atoms with Crippen LogP contribution in [0.5, 0.6) is 5.75 Å². The van der Waals surface area contributed by atoms with Gasteiger partial charge < -0.3 is 19.2 Å². The van der Waals surface area contributed by atoms with Crippen LogP contribution in [-0.2, 0) is 45.2 Å². The van der Waals surface area contributed by atoms with Crippen LogP contribution in [0.3, 0.4) is 0 Å². The summed E-state index contributed by atoms with van der Waals surface area (Å²) in [6.07, 6.45) is 1.89. The van der Waals surface area contributed by atoms with Gasteiger partial charge in [-0.15, -0.1) is 11.8 Å². The number of benzene rings is 2. The van der Waals surface area contributed by atoms with E-state index in [1.54, 1.807) is 0 Å². The summed E-state index contributed by atoms with van der Waals surface area (Å²) in [6.45, 7) is 21.5. The van der Waals surface area contributed by atoms with Crippen molar-refractivity contribution in [2.24, 2.45) is 10.8 Å². The summed E-state index contributed by atoms with van der Waals surface area (Å²) in [5, 5.41) is 2.54. The van der Waals surface area contributed by atoms with E-state index < -0.39 is 30.5 Å². The lowest BCUT2D eigenvalue weighted by atomic mass is 9.57. The molecule has 0 bridgehead atoms. The van der Waals surface area contributed by atoms with Crippen LogP contribution >= 0.6 is 11.8 Å². The van der Waals surface area contributed by atoms with E-state index in [0.717, 1.165) is 16.9 Å². The molecule has 0 radical (unpaired) electrons. The quantitative estimate of drug-likeness (QED) is 0.0766. The highest BCUT2D eigenvalue weighted by Crippen LogP contribution is 2.69. The van der Waals surface area contributed by atoms with Crippen molar-refractivity contribution in [1.29, 1.82) is 0 Å². The first-order valence-electron chi connectivity index (χ1n) is 18.5. The van der Waals surface area contributed by atoms with Crippen molar-refractivity contribution in [3.05, 3.63) is 65.7 Å². The second-order valence-electron chi connectivity index (χ2n) is 17.1. The first kappa shape index (κ1) is 40.4. The second-order valence-corrected chi connectivity index (χ2v) is 23.1. The van der Waals surface area contributed by atoms with Crippen LogP contribution in [0.2, 0.25) is 18.1 Å². The Balaban J connectivity index is 1.07. The predicted octanol–water partition coefficient (Wildman–Crippen LogP) is 7.37. The zero-order valence-corrected chi connectivity index (χ0v) is 34.3. The maximum Gasteiger partial charge on any atom is 0.261 e. The summed E-state index contributed by atoms with van der Waals surface area (Å²) < 4.78 is 19.4. The SMILES string of the molecule is CC(C)(COCCCCC(=O)NCCN1C(=O)CC(SCc2ccccc2)C1=O)C12OOC1(c1cccc(O[Si](C)(C)C(C)(C)C)c1)OCC2(C)C. The molecule has 0 aliphatic carbocycles. The van der Waals surface area contributed by atoms with Gasteiger partial charge in [0, 0.05) is 54.7 Å². The van der Waals surface area contributed by atoms with Crippen molar-refractivity contribution in [2.45, 2.75) is 115 Å². The molecule has 286 valence electrons. The Morgan fingerprint density at radius 1 is 1.02 bits per heavy atom. The minimum absolute atomic E-state index is 0.0551. The molecule has 0 spiro atoms. The number of likely N-dealkylation sites (tertiary alicyclic amines) is 1. The van der Waals surface area contributed by atoms with E-state index in [-0.39, 0.29) is 47.5 Å². The molecule has 52 heavy (non-hydrogen) atoms. The van der Waals surface area contributed by atoms with Gasteiger partial charge in [0.15, 0.2) is 5.60 Å². The van der Waals surface area contributed by atoms with Crippen molar-refractivity contribution in [3.63, 3.8) is 0 Å². The molecule has 1 N–H and O–H groups in total. The lowest BCUT2D eigenvalue weighted by molar-refractivity contribution is -0.628. The zero-order chi connectivity index (χ0) is 38.0. The van der Waals surface area contributed by atoms with Gasteiger partial charge in [-0.2, -0.15) is 4.89 Å². The van der Waals surface area contributed by atoms with E-state index >= 15 is 0 Å². The van der Waals surface area contributed by atoms with Crippen LogP contribution in [0.1, 0.15) is 85.3 Å². The molecule has 3 amide bonds. The fraction of sp³-hybridized carbons (Fsp3) is 0.625. The number of carbonyl (C=O) groups is 3. The molecule has 3 aliphatic heterocycles. The molecule has 3 atom stereocenters. The first-order chi connectivity index (χ1) is 24.4. The molecule has 5 rings (SSSR count). The number of carbonyl (C=O) groups excluding carboxylic acids is 3. The normalized spacial score (nSPS) is 24.5. The number of imide groups is 1. The van der Waals surface area contributed by atoms with Crippen LogP contribution in [0, 0.1) is 10.8 Å².